The van der Waals surface area contributed by atoms with Gasteiger partial charge in [-0.25, -0.2) is 9.59 Å². The minimum absolute atomic E-state index is 0.436. The number of carboxylic acids is 1. The number of aliphatic carboxylic acids is 1. The summed E-state index contributed by atoms with van der Waals surface area (Å²) in [4.78, 5) is 23.0. The molecule has 1 unspecified atom stereocenters. The predicted molar refractivity (Wildman–Crippen MR) is 78.8 cm³/mol. The van der Waals surface area contributed by atoms with Gasteiger partial charge < -0.3 is 15.7 Å². The zero-order valence-electron chi connectivity index (χ0n) is 11.0. The van der Waals surface area contributed by atoms with Crippen LogP contribution in [-0.4, -0.2) is 34.7 Å². The van der Waals surface area contributed by atoms with E-state index in [0.29, 0.717) is 17.4 Å². The van der Waals surface area contributed by atoms with Crippen LogP contribution < -0.4 is 10.6 Å². The van der Waals surface area contributed by atoms with E-state index in [2.05, 4.69) is 10.6 Å². The van der Waals surface area contributed by atoms with Crippen molar-refractivity contribution in [2.24, 2.45) is 0 Å². The average Bonchev–Trinajstić information content (AvgIpc) is 2.96. The predicted octanol–water partition coefficient (Wildman–Crippen LogP) is 2.01. The number of nitrogens with one attached hydrogen (secondary N) is 2. The summed E-state index contributed by atoms with van der Waals surface area (Å²) >= 11 is 1.85. The van der Waals surface area contributed by atoms with Crippen molar-refractivity contribution in [2.75, 3.05) is 12.3 Å². The second-order valence-corrected chi connectivity index (χ2v) is 6.08. The molecule has 2 rings (SSSR count). The van der Waals surface area contributed by atoms with Gasteiger partial charge >= 0.3 is 12.0 Å². The van der Waals surface area contributed by atoms with Gasteiger partial charge in [0.05, 0.1) is 0 Å². The molecule has 0 spiro atoms. The largest absolute Gasteiger partial charge is 0.479 e. The number of benzene rings is 1. The van der Waals surface area contributed by atoms with Crippen molar-refractivity contribution in [3.8, 4) is 0 Å². The molecule has 1 aromatic carbocycles. The Hall–Kier alpha value is -1.69. The number of hydrogen-bond acceptors (Lipinski definition) is 3. The zero-order valence-corrected chi connectivity index (χ0v) is 11.9. The molecule has 1 aliphatic heterocycles. The van der Waals surface area contributed by atoms with Crippen molar-refractivity contribution in [3.05, 3.63) is 35.9 Å². The summed E-state index contributed by atoms with van der Waals surface area (Å²) in [6, 6.07) is 7.22. The van der Waals surface area contributed by atoms with E-state index >= 15 is 0 Å². The molecule has 5 nitrogen and oxygen atoms in total. The first-order chi connectivity index (χ1) is 9.66. The van der Waals surface area contributed by atoms with Crippen LogP contribution in [0.4, 0.5) is 4.79 Å². The molecule has 20 heavy (non-hydrogen) atoms. The van der Waals surface area contributed by atoms with Gasteiger partial charge in [-0.1, -0.05) is 30.3 Å². The number of amides is 2. The van der Waals surface area contributed by atoms with Gasteiger partial charge in [-0.15, -0.1) is 0 Å². The normalized spacial score (nSPS) is 19.3. The van der Waals surface area contributed by atoms with E-state index in [9.17, 15) is 14.7 Å². The standard InChI is InChI=1S/C14H18N2O3S/c17-13(18)12(10-5-2-1-3-6-10)16-14(19)15-9-11-7-4-8-20-11/h1-3,5-6,11-12H,4,7-9H2,(H,17,18)(H2,15,16,19)/t11?,12-/m0/s1. The molecule has 0 aliphatic carbocycles. The molecule has 1 fully saturated rings. The first kappa shape index (κ1) is 14.7. The number of carboxylic acid groups (broad SMARTS) is 1. The quantitative estimate of drug-likeness (QED) is 0.776. The fraction of sp³-hybridized carbons (Fsp3) is 0.429. The highest BCUT2D eigenvalue weighted by Crippen LogP contribution is 2.25. The van der Waals surface area contributed by atoms with Gasteiger partial charge in [-0.3, -0.25) is 0 Å². The number of rotatable bonds is 5. The zero-order chi connectivity index (χ0) is 14.4. The van der Waals surface area contributed by atoms with Crippen LogP contribution in [-0.2, 0) is 4.79 Å². The Morgan fingerprint density at radius 3 is 2.70 bits per heavy atom. The smallest absolute Gasteiger partial charge is 0.330 e. The van der Waals surface area contributed by atoms with Gasteiger partial charge in [0.25, 0.3) is 0 Å². The van der Waals surface area contributed by atoms with Crippen LogP contribution in [0.15, 0.2) is 30.3 Å². The van der Waals surface area contributed by atoms with Crippen LogP contribution >= 0.6 is 11.8 Å². The fourth-order valence-corrected chi connectivity index (χ4v) is 3.33. The molecule has 0 radical (unpaired) electrons. The Kier molecular flexibility index (Phi) is 5.29. The third-order valence-corrected chi connectivity index (χ3v) is 4.57. The van der Waals surface area contributed by atoms with Crippen molar-refractivity contribution in [2.45, 2.75) is 24.1 Å². The lowest BCUT2D eigenvalue weighted by Gasteiger charge is -2.16. The van der Waals surface area contributed by atoms with Crippen LogP contribution in [0, 0.1) is 0 Å². The van der Waals surface area contributed by atoms with E-state index in [4.69, 9.17) is 0 Å². The summed E-state index contributed by atoms with van der Waals surface area (Å²) in [7, 11) is 0. The fourth-order valence-electron chi connectivity index (χ4n) is 2.13. The lowest BCUT2D eigenvalue weighted by atomic mass is 10.1. The highest BCUT2D eigenvalue weighted by Gasteiger charge is 2.22. The van der Waals surface area contributed by atoms with Crippen molar-refractivity contribution in [3.63, 3.8) is 0 Å². The molecule has 1 aliphatic rings. The third-order valence-electron chi connectivity index (χ3n) is 3.17. The number of urea groups is 1. The number of thioether (sulfide) groups is 1. The Balaban J connectivity index is 1.87. The molecule has 0 aromatic heterocycles. The molecule has 2 atom stereocenters. The van der Waals surface area contributed by atoms with Gasteiger partial charge in [-0.2, -0.15) is 11.8 Å². The minimum atomic E-state index is -1.07. The number of hydrogen-bond donors (Lipinski definition) is 3. The van der Waals surface area contributed by atoms with Gasteiger partial charge in [0.2, 0.25) is 0 Å². The molecule has 1 saturated heterocycles. The molecule has 1 aromatic rings. The van der Waals surface area contributed by atoms with Crippen LogP contribution in [0.25, 0.3) is 0 Å². The van der Waals surface area contributed by atoms with E-state index in [1.165, 1.54) is 6.42 Å². The maximum absolute atomic E-state index is 11.8. The summed E-state index contributed by atoms with van der Waals surface area (Å²) < 4.78 is 0. The summed E-state index contributed by atoms with van der Waals surface area (Å²) in [5.41, 5.74) is 0.561. The van der Waals surface area contributed by atoms with Gasteiger partial charge in [0.1, 0.15) is 0 Å². The van der Waals surface area contributed by atoms with Crippen LogP contribution in [0.2, 0.25) is 0 Å². The molecule has 3 N–H and O–H groups in total. The van der Waals surface area contributed by atoms with Crippen molar-refractivity contribution in [1.82, 2.24) is 10.6 Å². The number of carbonyl (C=O) groups excluding carboxylic acids is 1. The molecule has 2 amide bonds. The Bertz CT molecular complexity index is 461. The van der Waals surface area contributed by atoms with Crippen LogP contribution in [0.5, 0.6) is 0 Å². The summed E-state index contributed by atoms with van der Waals surface area (Å²) in [5.74, 6) is 0.0667. The van der Waals surface area contributed by atoms with Crippen LogP contribution in [0.1, 0.15) is 24.4 Å². The molecular formula is C14H18N2O3S. The van der Waals surface area contributed by atoms with E-state index in [1.807, 2.05) is 11.8 Å². The first-order valence-corrected chi connectivity index (χ1v) is 7.65. The van der Waals surface area contributed by atoms with E-state index in [1.54, 1.807) is 30.3 Å². The van der Waals surface area contributed by atoms with Gasteiger partial charge in [0.15, 0.2) is 6.04 Å². The molecule has 108 valence electrons. The molecule has 1 heterocycles. The summed E-state index contributed by atoms with van der Waals surface area (Å²) in [6.07, 6.45) is 2.28. The topological polar surface area (TPSA) is 78.4 Å². The van der Waals surface area contributed by atoms with Crippen molar-refractivity contribution >= 4 is 23.8 Å². The second kappa shape index (κ2) is 7.19. The summed E-state index contributed by atoms with van der Waals surface area (Å²) in [6.45, 7) is 0.581. The maximum atomic E-state index is 11.8. The van der Waals surface area contributed by atoms with Gasteiger partial charge in [-0.05, 0) is 24.2 Å². The minimum Gasteiger partial charge on any atom is -0.479 e. The molecule has 6 heteroatoms. The highest BCUT2D eigenvalue weighted by molar-refractivity contribution is 8.00. The second-order valence-electron chi connectivity index (χ2n) is 4.67. The Morgan fingerprint density at radius 1 is 1.35 bits per heavy atom. The monoisotopic (exact) mass is 294 g/mol. The van der Waals surface area contributed by atoms with Crippen LogP contribution in [0.3, 0.4) is 0 Å². The van der Waals surface area contributed by atoms with E-state index in [-0.39, 0.29) is 0 Å². The van der Waals surface area contributed by atoms with E-state index in [0.717, 1.165) is 12.2 Å². The maximum Gasteiger partial charge on any atom is 0.330 e. The Morgan fingerprint density at radius 2 is 2.10 bits per heavy atom. The highest BCUT2D eigenvalue weighted by atomic mass is 32.2. The van der Waals surface area contributed by atoms with Crippen molar-refractivity contribution in [1.29, 1.82) is 0 Å². The lowest BCUT2D eigenvalue weighted by molar-refractivity contribution is -0.139. The van der Waals surface area contributed by atoms with E-state index < -0.39 is 18.0 Å². The number of carbonyl (C=O) groups is 2. The Labute approximate surface area is 122 Å². The molecule has 0 saturated carbocycles. The average molecular weight is 294 g/mol. The third kappa shape index (κ3) is 4.16. The SMILES string of the molecule is O=C(NCC1CCCS1)N[C@H](C(=O)O)c1ccccc1. The summed E-state index contributed by atoms with van der Waals surface area (Å²) in [5, 5.41) is 14.9. The van der Waals surface area contributed by atoms with Gasteiger partial charge in [0, 0.05) is 11.8 Å². The lowest BCUT2D eigenvalue weighted by Crippen LogP contribution is -2.42. The van der Waals surface area contributed by atoms with Crippen molar-refractivity contribution < 1.29 is 14.7 Å². The first-order valence-electron chi connectivity index (χ1n) is 6.60. The molecule has 0 bridgehead atoms. The molecular weight excluding hydrogens is 276 g/mol.